The molecule has 0 saturated carbocycles. The zero-order valence-corrected chi connectivity index (χ0v) is 14.7. The van der Waals surface area contributed by atoms with E-state index in [0.717, 1.165) is 0 Å². The fourth-order valence-corrected chi connectivity index (χ4v) is 2.65. The molecule has 0 aliphatic carbocycles. The highest BCUT2D eigenvalue weighted by molar-refractivity contribution is 6.30. The fraction of sp³-hybridized carbons (Fsp3) is 0.471. The molecule has 1 atom stereocenters. The van der Waals surface area contributed by atoms with Gasteiger partial charge in [-0.25, -0.2) is 4.79 Å². The highest BCUT2D eigenvalue weighted by Crippen LogP contribution is 2.18. The van der Waals surface area contributed by atoms with Gasteiger partial charge in [0, 0.05) is 24.0 Å². The van der Waals surface area contributed by atoms with E-state index >= 15 is 0 Å². The summed E-state index contributed by atoms with van der Waals surface area (Å²) in [5, 5.41) is 0.563. The largest absolute Gasteiger partial charge is 0.479 e. The molecule has 1 aromatic carbocycles. The van der Waals surface area contributed by atoms with Gasteiger partial charge < -0.3 is 20.1 Å². The molecule has 136 valence electrons. The molecule has 2 N–H and O–H groups in total. The Hall–Kier alpha value is -2.28. The van der Waals surface area contributed by atoms with Gasteiger partial charge in [0.05, 0.1) is 0 Å². The summed E-state index contributed by atoms with van der Waals surface area (Å²) >= 11 is 5.78. The lowest BCUT2D eigenvalue weighted by Crippen LogP contribution is -2.43. The van der Waals surface area contributed by atoms with Gasteiger partial charge in [-0.15, -0.1) is 0 Å². The third-order valence-corrected chi connectivity index (χ3v) is 4.30. The van der Waals surface area contributed by atoms with E-state index in [9.17, 15) is 14.4 Å². The summed E-state index contributed by atoms with van der Waals surface area (Å²) in [6, 6.07) is 6.57. The number of primary amides is 1. The molecular weight excluding hydrogens is 348 g/mol. The number of carbonyl (C=O) groups is 3. The monoisotopic (exact) mass is 368 g/mol. The first kappa shape index (κ1) is 19.1. The Labute approximate surface area is 151 Å². The first-order chi connectivity index (χ1) is 11.9. The highest BCUT2D eigenvalue weighted by Gasteiger charge is 2.27. The number of nitrogens with zero attached hydrogens (tertiary/aromatic N) is 1. The van der Waals surface area contributed by atoms with E-state index in [1.807, 2.05) is 0 Å². The number of ether oxygens (including phenoxy) is 2. The Morgan fingerprint density at radius 1 is 1.24 bits per heavy atom. The van der Waals surface area contributed by atoms with Crippen LogP contribution in [0.3, 0.4) is 0 Å². The minimum atomic E-state index is -0.852. The van der Waals surface area contributed by atoms with Crippen molar-refractivity contribution < 1.29 is 23.9 Å². The Morgan fingerprint density at radius 2 is 1.84 bits per heavy atom. The Bertz CT molecular complexity index is 626. The van der Waals surface area contributed by atoms with Crippen molar-refractivity contribution in [2.75, 3.05) is 19.7 Å². The first-order valence-corrected chi connectivity index (χ1v) is 8.40. The van der Waals surface area contributed by atoms with Crippen LogP contribution in [0.4, 0.5) is 0 Å². The van der Waals surface area contributed by atoms with Crippen LogP contribution >= 0.6 is 11.6 Å². The maximum atomic E-state index is 12.1. The maximum Gasteiger partial charge on any atom is 0.347 e. The predicted octanol–water partition coefficient (Wildman–Crippen LogP) is 1.37. The number of hydrogen-bond acceptors (Lipinski definition) is 5. The number of rotatable bonds is 6. The molecule has 1 aliphatic heterocycles. The van der Waals surface area contributed by atoms with Crippen molar-refractivity contribution >= 4 is 29.4 Å². The third-order valence-electron chi connectivity index (χ3n) is 4.05. The van der Waals surface area contributed by atoms with Gasteiger partial charge in [-0.2, -0.15) is 0 Å². The maximum absolute atomic E-state index is 12.1. The average Bonchev–Trinajstić information content (AvgIpc) is 2.61. The van der Waals surface area contributed by atoms with Crippen LogP contribution < -0.4 is 10.5 Å². The molecule has 7 nitrogen and oxygen atoms in total. The Balaban J connectivity index is 1.74. The average molecular weight is 369 g/mol. The van der Waals surface area contributed by atoms with Crippen LogP contribution in [0.5, 0.6) is 5.75 Å². The highest BCUT2D eigenvalue weighted by atomic mass is 35.5. The van der Waals surface area contributed by atoms with Gasteiger partial charge >= 0.3 is 5.97 Å². The third kappa shape index (κ3) is 5.63. The second-order valence-corrected chi connectivity index (χ2v) is 6.32. The van der Waals surface area contributed by atoms with E-state index in [1.54, 1.807) is 36.1 Å². The standard InChI is InChI=1S/C17H21ClN2O5/c1-11(25-14-4-2-13(18)3-5-14)17(23)24-10-15(21)20-8-6-12(7-9-20)16(19)22/h2-5,11-12H,6-10H2,1H3,(H2,19,22)/t11-/m0/s1. The lowest BCUT2D eigenvalue weighted by atomic mass is 9.96. The van der Waals surface area contributed by atoms with Gasteiger partial charge in [-0.1, -0.05) is 11.6 Å². The summed E-state index contributed by atoms with van der Waals surface area (Å²) in [4.78, 5) is 36.7. The molecule has 1 aliphatic rings. The molecule has 0 radical (unpaired) electrons. The molecule has 0 unspecified atom stereocenters. The summed E-state index contributed by atoms with van der Waals surface area (Å²) in [7, 11) is 0. The van der Waals surface area contributed by atoms with Gasteiger partial charge in [0.2, 0.25) is 5.91 Å². The van der Waals surface area contributed by atoms with Crippen molar-refractivity contribution in [3.63, 3.8) is 0 Å². The second-order valence-electron chi connectivity index (χ2n) is 5.88. The van der Waals surface area contributed by atoms with E-state index in [0.29, 0.717) is 36.7 Å². The normalized spacial score (nSPS) is 16.2. The van der Waals surface area contributed by atoms with Crippen LogP contribution in [0.2, 0.25) is 5.02 Å². The number of nitrogens with two attached hydrogens (primary N) is 1. The molecule has 0 bridgehead atoms. The number of amides is 2. The van der Waals surface area contributed by atoms with Gasteiger partial charge in [0.1, 0.15) is 5.75 Å². The Kier molecular flexibility index (Phi) is 6.64. The number of piperidine rings is 1. The zero-order valence-electron chi connectivity index (χ0n) is 13.9. The lowest BCUT2D eigenvalue weighted by molar-refractivity contribution is -0.157. The SMILES string of the molecule is C[C@H](Oc1ccc(Cl)cc1)C(=O)OCC(=O)N1CCC(C(N)=O)CC1. The number of benzene rings is 1. The van der Waals surface area contributed by atoms with E-state index in [1.165, 1.54) is 0 Å². The molecule has 0 aromatic heterocycles. The van der Waals surface area contributed by atoms with E-state index < -0.39 is 12.1 Å². The molecule has 1 heterocycles. The van der Waals surface area contributed by atoms with Crippen LogP contribution in [0, 0.1) is 5.92 Å². The molecule has 1 saturated heterocycles. The van der Waals surface area contributed by atoms with Crippen molar-refractivity contribution in [1.29, 1.82) is 0 Å². The summed E-state index contributed by atoms with van der Waals surface area (Å²) in [6.45, 7) is 2.05. The van der Waals surface area contributed by atoms with Gasteiger partial charge in [-0.3, -0.25) is 9.59 Å². The molecule has 25 heavy (non-hydrogen) atoms. The molecule has 0 spiro atoms. The summed E-state index contributed by atoms with van der Waals surface area (Å²) in [5.74, 6) is -0.981. The van der Waals surface area contributed by atoms with Crippen LogP contribution in [0.15, 0.2) is 24.3 Å². The number of carbonyl (C=O) groups excluding carboxylic acids is 3. The summed E-state index contributed by atoms with van der Waals surface area (Å²) in [6.07, 6.45) is 0.213. The molecule has 8 heteroatoms. The molecule has 2 amide bonds. The van der Waals surface area contributed by atoms with Crippen LogP contribution in [0.1, 0.15) is 19.8 Å². The lowest BCUT2D eigenvalue weighted by Gasteiger charge is -2.30. The fourth-order valence-electron chi connectivity index (χ4n) is 2.52. The number of halogens is 1. The smallest absolute Gasteiger partial charge is 0.347 e. The number of hydrogen-bond donors (Lipinski definition) is 1. The van der Waals surface area contributed by atoms with E-state index in [-0.39, 0.29) is 24.3 Å². The summed E-state index contributed by atoms with van der Waals surface area (Å²) in [5.41, 5.74) is 5.26. The van der Waals surface area contributed by atoms with Gasteiger partial charge in [0.25, 0.3) is 5.91 Å². The first-order valence-electron chi connectivity index (χ1n) is 8.02. The Morgan fingerprint density at radius 3 is 2.40 bits per heavy atom. The van der Waals surface area contributed by atoms with Gasteiger partial charge in [0.15, 0.2) is 12.7 Å². The zero-order chi connectivity index (χ0) is 18.4. The quantitative estimate of drug-likeness (QED) is 0.764. The molecule has 1 aromatic rings. The van der Waals surface area contributed by atoms with Crippen LogP contribution in [-0.2, 0) is 19.1 Å². The topological polar surface area (TPSA) is 98.9 Å². The van der Waals surface area contributed by atoms with E-state index in [2.05, 4.69) is 0 Å². The second kappa shape index (κ2) is 8.71. The van der Waals surface area contributed by atoms with Crippen molar-refractivity contribution in [1.82, 2.24) is 4.90 Å². The number of esters is 1. The van der Waals surface area contributed by atoms with Crippen molar-refractivity contribution in [3.05, 3.63) is 29.3 Å². The van der Waals surface area contributed by atoms with E-state index in [4.69, 9.17) is 26.8 Å². The van der Waals surface area contributed by atoms with Gasteiger partial charge in [-0.05, 0) is 44.0 Å². The van der Waals surface area contributed by atoms with Crippen molar-refractivity contribution in [2.45, 2.75) is 25.9 Å². The predicted molar refractivity (Wildman–Crippen MR) is 91.0 cm³/mol. The minimum absolute atomic E-state index is 0.195. The number of likely N-dealkylation sites (tertiary alicyclic amines) is 1. The van der Waals surface area contributed by atoms with Crippen molar-refractivity contribution in [3.8, 4) is 5.75 Å². The molecule has 1 fully saturated rings. The van der Waals surface area contributed by atoms with Crippen LogP contribution in [-0.4, -0.2) is 48.5 Å². The minimum Gasteiger partial charge on any atom is -0.479 e. The summed E-state index contributed by atoms with van der Waals surface area (Å²) < 4.78 is 10.5. The van der Waals surface area contributed by atoms with Crippen LogP contribution in [0.25, 0.3) is 0 Å². The van der Waals surface area contributed by atoms with Crippen molar-refractivity contribution in [2.24, 2.45) is 11.7 Å². The molecule has 2 rings (SSSR count). The molecular formula is C17H21ClN2O5.